The summed E-state index contributed by atoms with van der Waals surface area (Å²) in [6, 6.07) is 8.46. The second-order valence-corrected chi connectivity index (χ2v) is 2.82. The van der Waals surface area contributed by atoms with Crippen molar-refractivity contribution in [3.63, 3.8) is 0 Å². The first-order chi connectivity index (χ1) is 5.86. The molecule has 0 unspecified atom stereocenters. The second kappa shape index (κ2) is 2.99. The number of hydrogen-bond donors (Lipinski definition) is 1. The van der Waals surface area contributed by atoms with Gasteiger partial charge >= 0.3 is 0 Å². The molecular formula is C9H6ClN2. The number of aromatic nitrogens is 2. The van der Waals surface area contributed by atoms with Gasteiger partial charge in [0, 0.05) is 22.8 Å². The Morgan fingerprint density at radius 2 is 2.33 bits per heavy atom. The summed E-state index contributed by atoms with van der Waals surface area (Å²) >= 11 is 5.78. The van der Waals surface area contributed by atoms with Gasteiger partial charge in [-0.2, -0.15) is 5.10 Å². The molecule has 1 aromatic carbocycles. The molecule has 3 heteroatoms. The zero-order valence-electron chi connectivity index (χ0n) is 6.21. The van der Waals surface area contributed by atoms with E-state index in [2.05, 4.69) is 16.3 Å². The zero-order valence-corrected chi connectivity index (χ0v) is 6.97. The first kappa shape index (κ1) is 7.37. The molecule has 12 heavy (non-hydrogen) atoms. The third kappa shape index (κ3) is 1.34. The second-order valence-electron chi connectivity index (χ2n) is 2.41. The molecule has 1 aromatic heterocycles. The molecule has 0 aliphatic carbocycles. The van der Waals surface area contributed by atoms with Crippen molar-refractivity contribution in [2.75, 3.05) is 0 Å². The van der Waals surface area contributed by atoms with Crippen LogP contribution in [-0.4, -0.2) is 10.2 Å². The number of nitrogens with one attached hydrogen (secondary N) is 1. The van der Waals surface area contributed by atoms with Crippen molar-refractivity contribution >= 4 is 11.6 Å². The largest absolute Gasteiger partial charge is 0.285 e. The number of nitrogens with zero attached hydrogens (tertiary/aromatic N) is 1. The average Bonchev–Trinajstić information content (AvgIpc) is 2.56. The predicted octanol–water partition coefficient (Wildman–Crippen LogP) is 2.53. The van der Waals surface area contributed by atoms with Gasteiger partial charge in [0.25, 0.3) is 0 Å². The number of hydrogen-bond acceptors (Lipinski definition) is 1. The van der Waals surface area contributed by atoms with Crippen molar-refractivity contribution in [3.05, 3.63) is 41.7 Å². The lowest BCUT2D eigenvalue weighted by molar-refractivity contribution is 1.09. The van der Waals surface area contributed by atoms with Crippen LogP contribution < -0.4 is 0 Å². The Hall–Kier alpha value is -1.28. The average molecular weight is 178 g/mol. The molecule has 0 saturated heterocycles. The van der Waals surface area contributed by atoms with Crippen molar-refractivity contribution in [1.82, 2.24) is 10.2 Å². The molecule has 2 aromatic rings. The molecule has 0 bridgehead atoms. The van der Waals surface area contributed by atoms with Crippen LogP contribution in [0.1, 0.15) is 0 Å². The maximum absolute atomic E-state index is 5.78. The van der Waals surface area contributed by atoms with Gasteiger partial charge in [-0.25, -0.2) is 0 Å². The van der Waals surface area contributed by atoms with Gasteiger partial charge in [0.1, 0.15) is 0 Å². The Morgan fingerprint density at radius 1 is 1.42 bits per heavy atom. The monoisotopic (exact) mass is 177 g/mol. The van der Waals surface area contributed by atoms with Gasteiger partial charge in [-0.1, -0.05) is 23.7 Å². The first-order valence-corrected chi connectivity index (χ1v) is 3.90. The van der Waals surface area contributed by atoms with Crippen LogP contribution in [0.2, 0.25) is 5.02 Å². The van der Waals surface area contributed by atoms with Gasteiger partial charge in [0.15, 0.2) is 0 Å². The Labute approximate surface area is 75.2 Å². The summed E-state index contributed by atoms with van der Waals surface area (Å²) in [4.78, 5) is 0. The fraction of sp³-hybridized carbons (Fsp3) is 0. The Balaban J connectivity index is 2.48. The molecule has 0 aliphatic heterocycles. The smallest absolute Gasteiger partial charge is 0.0565 e. The summed E-state index contributed by atoms with van der Waals surface area (Å²) < 4.78 is 0. The maximum atomic E-state index is 5.78. The van der Waals surface area contributed by atoms with Crippen LogP contribution in [0.4, 0.5) is 0 Å². The normalized spacial score (nSPS) is 10.1. The van der Waals surface area contributed by atoms with Crippen molar-refractivity contribution in [2.24, 2.45) is 0 Å². The summed E-state index contributed by atoms with van der Waals surface area (Å²) in [6.07, 6.45) is 3.58. The lowest BCUT2D eigenvalue weighted by Crippen LogP contribution is -1.72. The van der Waals surface area contributed by atoms with Gasteiger partial charge in [0.2, 0.25) is 0 Å². The minimum absolute atomic E-state index is 0.619. The van der Waals surface area contributed by atoms with Crippen LogP contribution >= 0.6 is 11.6 Å². The van der Waals surface area contributed by atoms with E-state index in [1.165, 1.54) is 0 Å². The molecule has 59 valence electrons. The molecule has 0 saturated carbocycles. The highest BCUT2D eigenvalue weighted by molar-refractivity contribution is 6.30. The van der Waals surface area contributed by atoms with E-state index < -0.39 is 0 Å². The van der Waals surface area contributed by atoms with Gasteiger partial charge in [0.05, 0.1) is 6.20 Å². The topological polar surface area (TPSA) is 28.7 Å². The highest BCUT2D eigenvalue weighted by Crippen LogP contribution is 2.20. The lowest BCUT2D eigenvalue weighted by Gasteiger charge is -1.95. The maximum Gasteiger partial charge on any atom is 0.0565 e. The molecule has 2 rings (SSSR count). The van der Waals surface area contributed by atoms with E-state index >= 15 is 0 Å². The van der Waals surface area contributed by atoms with E-state index in [1.54, 1.807) is 12.3 Å². The summed E-state index contributed by atoms with van der Waals surface area (Å²) in [6.45, 7) is 0. The Morgan fingerprint density at radius 3 is 3.00 bits per heavy atom. The van der Waals surface area contributed by atoms with Crippen molar-refractivity contribution in [3.8, 4) is 11.1 Å². The van der Waals surface area contributed by atoms with E-state index in [1.807, 2.05) is 18.3 Å². The van der Waals surface area contributed by atoms with E-state index in [0.29, 0.717) is 5.02 Å². The third-order valence-electron chi connectivity index (χ3n) is 1.60. The minimum atomic E-state index is 0.619. The number of aromatic amines is 1. The molecule has 1 heterocycles. The van der Waals surface area contributed by atoms with Crippen LogP contribution in [0.15, 0.2) is 30.6 Å². The minimum Gasteiger partial charge on any atom is -0.285 e. The van der Waals surface area contributed by atoms with Crippen LogP contribution in [0.3, 0.4) is 0 Å². The van der Waals surface area contributed by atoms with Gasteiger partial charge in [-0.05, 0) is 11.6 Å². The lowest BCUT2D eigenvalue weighted by atomic mass is 10.1. The van der Waals surface area contributed by atoms with Gasteiger partial charge in [-0.15, -0.1) is 0 Å². The first-order valence-electron chi connectivity index (χ1n) is 3.52. The molecule has 2 nitrogen and oxygen atoms in total. The quantitative estimate of drug-likeness (QED) is 0.713. The SMILES string of the molecule is Clc1[c]ccc(-c2cn[nH]c2)c1. The van der Waals surface area contributed by atoms with Crippen molar-refractivity contribution in [1.29, 1.82) is 0 Å². The number of benzene rings is 1. The summed E-state index contributed by atoms with van der Waals surface area (Å²) in [5, 5.41) is 7.21. The van der Waals surface area contributed by atoms with E-state index in [0.717, 1.165) is 11.1 Å². The van der Waals surface area contributed by atoms with E-state index in [9.17, 15) is 0 Å². The highest BCUT2D eigenvalue weighted by Gasteiger charge is 1.97. The number of H-pyrrole nitrogens is 1. The van der Waals surface area contributed by atoms with Crippen molar-refractivity contribution in [2.45, 2.75) is 0 Å². The highest BCUT2D eigenvalue weighted by atomic mass is 35.5. The summed E-state index contributed by atoms with van der Waals surface area (Å²) in [5.41, 5.74) is 2.08. The zero-order chi connectivity index (χ0) is 8.39. The van der Waals surface area contributed by atoms with Crippen LogP contribution in [0.5, 0.6) is 0 Å². The van der Waals surface area contributed by atoms with Crippen LogP contribution in [0, 0.1) is 6.07 Å². The Kier molecular flexibility index (Phi) is 1.84. The third-order valence-corrected chi connectivity index (χ3v) is 1.82. The van der Waals surface area contributed by atoms with E-state index in [4.69, 9.17) is 11.6 Å². The Bertz CT molecular complexity index is 368. The molecule has 0 atom stereocenters. The molecule has 0 spiro atoms. The summed E-state index contributed by atoms with van der Waals surface area (Å²) in [5.74, 6) is 0. The molecule has 1 radical (unpaired) electrons. The van der Waals surface area contributed by atoms with E-state index in [-0.39, 0.29) is 0 Å². The van der Waals surface area contributed by atoms with Gasteiger partial charge < -0.3 is 0 Å². The molecular weight excluding hydrogens is 172 g/mol. The number of rotatable bonds is 1. The molecule has 0 aliphatic rings. The molecule has 0 amide bonds. The number of halogens is 1. The summed E-state index contributed by atoms with van der Waals surface area (Å²) in [7, 11) is 0. The van der Waals surface area contributed by atoms with Crippen LogP contribution in [0.25, 0.3) is 11.1 Å². The standard InChI is InChI=1S/C9H6ClN2/c10-9-3-1-2-7(4-9)8-5-11-12-6-8/h1-2,4-6H,(H,11,12). The fourth-order valence-electron chi connectivity index (χ4n) is 1.03. The molecule has 1 N–H and O–H groups in total. The van der Waals surface area contributed by atoms with Gasteiger partial charge in [-0.3, -0.25) is 5.10 Å². The van der Waals surface area contributed by atoms with Crippen molar-refractivity contribution < 1.29 is 0 Å². The predicted molar refractivity (Wildman–Crippen MR) is 47.9 cm³/mol. The molecule has 0 fully saturated rings. The van der Waals surface area contributed by atoms with Crippen LogP contribution in [-0.2, 0) is 0 Å². The fourth-order valence-corrected chi connectivity index (χ4v) is 1.21.